The van der Waals surface area contributed by atoms with E-state index in [1.807, 2.05) is 0 Å². The number of hydrogen-bond donors (Lipinski definition) is 2. The summed E-state index contributed by atoms with van der Waals surface area (Å²) in [6.07, 6.45) is -5.69. The molecule has 2 unspecified atom stereocenters. The zero-order valence-corrected chi connectivity index (χ0v) is 18.0. The number of H-pyrrole nitrogens is 1. The number of ether oxygens (including phenoxy) is 2. The molecule has 1 amide bonds. The number of rotatable bonds is 5. The van der Waals surface area contributed by atoms with Crippen LogP contribution in [0.25, 0.3) is 11.2 Å². The molecule has 3 atom stereocenters. The molecule has 0 aliphatic carbocycles. The molecule has 15 heteroatoms. The highest BCUT2D eigenvalue weighted by atomic mass is 19.4. The van der Waals surface area contributed by atoms with Gasteiger partial charge >= 0.3 is 17.8 Å². The first-order chi connectivity index (χ1) is 15.7. The number of aromatic nitrogens is 4. The van der Waals surface area contributed by atoms with Gasteiger partial charge in [0.15, 0.2) is 11.2 Å². The van der Waals surface area contributed by atoms with Gasteiger partial charge in [-0.25, -0.2) is 18.5 Å². The number of halogens is 4. The summed E-state index contributed by atoms with van der Waals surface area (Å²) in [7, 11) is 0. The van der Waals surface area contributed by atoms with Crippen molar-refractivity contribution in [1.82, 2.24) is 19.1 Å². The number of imidazole rings is 1. The van der Waals surface area contributed by atoms with Crippen LogP contribution in [0.5, 0.6) is 0 Å². The first-order valence-corrected chi connectivity index (χ1v) is 9.73. The molecule has 1 aliphatic heterocycles. The molecule has 3 heterocycles. The van der Waals surface area contributed by atoms with Crippen molar-refractivity contribution < 1.29 is 36.6 Å². The van der Waals surface area contributed by atoms with E-state index in [-0.39, 0.29) is 23.7 Å². The predicted molar refractivity (Wildman–Crippen MR) is 107 cm³/mol. The van der Waals surface area contributed by atoms with Crippen molar-refractivity contribution in [3.8, 4) is 12.3 Å². The molecule has 34 heavy (non-hydrogen) atoms. The summed E-state index contributed by atoms with van der Waals surface area (Å²) in [4.78, 5) is 54.6. The lowest BCUT2D eigenvalue weighted by atomic mass is 9.97. The van der Waals surface area contributed by atoms with Crippen LogP contribution in [0.3, 0.4) is 0 Å². The van der Waals surface area contributed by atoms with Crippen molar-refractivity contribution in [1.29, 1.82) is 0 Å². The topological polar surface area (TPSA) is 137 Å². The Balaban J connectivity index is 2.08. The standard InChI is InChI=1S/C19H19F4N5O6/c1-5-6-27-11-13(25-16(24-8(2)29)26-14(11)30)28(17(27)32)10-7-9(20)12(33-10)18(3,4)34-15(31)19(21,22)23/h1,9-10,12H,6-7H2,2-4H3,(H2,24,25,26,29,30)/t9-,10?,12?/m1/s1. The quantitative estimate of drug-likeness (QED) is 0.363. The molecule has 184 valence electrons. The number of nitrogens with one attached hydrogen (secondary N) is 2. The Kier molecular flexibility index (Phi) is 6.31. The van der Waals surface area contributed by atoms with Gasteiger partial charge in [0.1, 0.15) is 24.1 Å². The highest BCUT2D eigenvalue weighted by molar-refractivity contribution is 5.87. The second-order valence-corrected chi connectivity index (χ2v) is 7.96. The molecule has 0 spiro atoms. The third kappa shape index (κ3) is 4.53. The Morgan fingerprint density at radius 1 is 1.35 bits per heavy atom. The fraction of sp³-hybridized carbons (Fsp3) is 0.526. The minimum Gasteiger partial charge on any atom is -0.450 e. The van der Waals surface area contributed by atoms with Crippen LogP contribution >= 0.6 is 0 Å². The first-order valence-electron chi connectivity index (χ1n) is 9.73. The van der Waals surface area contributed by atoms with Crippen LogP contribution in [-0.4, -0.2) is 55.0 Å². The first kappa shape index (κ1) is 25.0. The van der Waals surface area contributed by atoms with Crippen molar-refractivity contribution in [2.45, 2.75) is 64.0 Å². The van der Waals surface area contributed by atoms with Crippen molar-refractivity contribution in [2.24, 2.45) is 0 Å². The minimum absolute atomic E-state index is 0.290. The van der Waals surface area contributed by atoms with E-state index in [0.717, 1.165) is 29.9 Å². The third-order valence-corrected chi connectivity index (χ3v) is 4.97. The summed E-state index contributed by atoms with van der Waals surface area (Å²) in [5, 5.41) is 2.24. The number of fused-ring (bicyclic) bond motifs is 1. The maximum Gasteiger partial charge on any atom is 0.490 e. The second kappa shape index (κ2) is 8.60. The highest BCUT2D eigenvalue weighted by Crippen LogP contribution is 2.39. The van der Waals surface area contributed by atoms with E-state index in [1.54, 1.807) is 0 Å². The van der Waals surface area contributed by atoms with Crippen LogP contribution in [0.1, 0.15) is 33.4 Å². The molecule has 3 rings (SSSR count). The number of alkyl halides is 4. The molecular formula is C19H19F4N5O6. The van der Waals surface area contributed by atoms with Gasteiger partial charge < -0.3 is 9.47 Å². The van der Waals surface area contributed by atoms with Gasteiger partial charge in [-0.2, -0.15) is 18.2 Å². The monoisotopic (exact) mass is 489 g/mol. The highest BCUT2D eigenvalue weighted by Gasteiger charge is 2.52. The predicted octanol–water partition coefficient (Wildman–Crippen LogP) is 0.988. The van der Waals surface area contributed by atoms with Crippen molar-refractivity contribution in [3.05, 3.63) is 20.8 Å². The molecule has 0 bridgehead atoms. The molecule has 1 aliphatic rings. The lowest BCUT2D eigenvalue weighted by Gasteiger charge is -2.32. The van der Waals surface area contributed by atoms with Gasteiger partial charge in [0.05, 0.1) is 6.54 Å². The molecular weight excluding hydrogens is 470 g/mol. The van der Waals surface area contributed by atoms with Crippen LogP contribution < -0.4 is 16.6 Å². The summed E-state index contributed by atoms with van der Waals surface area (Å²) < 4.78 is 64.4. The van der Waals surface area contributed by atoms with E-state index in [1.165, 1.54) is 0 Å². The molecule has 0 radical (unpaired) electrons. The molecule has 2 aromatic heterocycles. The molecule has 1 saturated heterocycles. The third-order valence-electron chi connectivity index (χ3n) is 4.97. The van der Waals surface area contributed by atoms with Crippen LogP contribution in [0.4, 0.5) is 23.5 Å². The number of amides is 1. The fourth-order valence-corrected chi connectivity index (χ4v) is 3.65. The van der Waals surface area contributed by atoms with Crippen molar-refractivity contribution >= 4 is 29.0 Å². The minimum atomic E-state index is -5.31. The summed E-state index contributed by atoms with van der Waals surface area (Å²) in [5.41, 5.74) is -4.43. The lowest BCUT2D eigenvalue weighted by Crippen LogP contribution is -2.47. The van der Waals surface area contributed by atoms with Gasteiger partial charge in [-0.3, -0.25) is 24.5 Å². The SMILES string of the molecule is C#CCn1c(=O)n(C2C[C@@H](F)C(C(C)(C)OC(=O)C(F)(F)F)O2)c2nc(NC(C)=O)[nH]c(=O)c21. The number of anilines is 1. The zero-order chi connectivity index (χ0) is 25.6. The van der Waals surface area contributed by atoms with Gasteiger partial charge in [-0.05, 0) is 13.8 Å². The number of aromatic amines is 1. The number of carbonyl (C=O) groups excluding carboxylic acids is 2. The Labute approximate surface area is 188 Å². The second-order valence-electron chi connectivity index (χ2n) is 7.96. The molecule has 0 aromatic carbocycles. The summed E-state index contributed by atoms with van der Waals surface area (Å²) in [6, 6.07) is 0. The van der Waals surface area contributed by atoms with Crippen molar-refractivity contribution in [3.63, 3.8) is 0 Å². The van der Waals surface area contributed by atoms with Gasteiger partial charge in [0.2, 0.25) is 11.9 Å². The van der Waals surface area contributed by atoms with E-state index >= 15 is 0 Å². The van der Waals surface area contributed by atoms with E-state index in [9.17, 15) is 36.7 Å². The molecule has 2 N–H and O–H groups in total. The smallest absolute Gasteiger partial charge is 0.450 e. The maximum absolute atomic E-state index is 14.9. The van der Waals surface area contributed by atoms with Crippen LogP contribution in [0, 0.1) is 12.3 Å². The Morgan fingerprint density at radius 2 is 2.00 bits per heavy atom. The van der Waals surface area contributed by atoms with E-state index in [0.29, 0.717) is 0 Å². The van der Waals surface area contributed by atoms with Gasteiger partial charge in [0.25, 0.3) is 5.56 Å². The number of terminal acetylenes is 1. The van der Waals surface area contributed by atoms with E-state index in [4.69, 9.17) is 11.2 Å². The average molecular weight is 489 g/mol. The Hall–Kier alpha value is -3.67. The number of carbonyl (C=O) groups is 2. The van der Waals surface area contributed by atoms with Crippen LogP contribution in [0.2, 0.25) is 0 Å². The average Bonchev–Trinajstić information content (AvgIpc) is 3.19. The Morgan fingerprint density at radius 3 is 2.56 bits per heavy atom. The maximum atomic E-state index is 14.9. The Bertz CT molecular complexity index is 1300. The molecule has 1 fully saturated rings. The summed E-state index contributed by atoms with van der Waals surface area (Å²) in [5.74, 6) is -1.25. The van der Waals surface area contributed by atoms with Gasteiger partial charge in [0, 0.05) is 13.3 Å². The fourth-order valence-electron chi connectivity index (χ4n) is 3.65. The van der Waals surface area contributed by atoms with Crippen LogP contribution in [-0.2, 0) is 25.6 Å². The number of hydrogen-bond acceptors (Lipinski definition) is 7. The summed E-state index contributed by atoms with van der Waals surface area (Å²) >= 11 is 0. The molecule has 0 saturated carbocycles. The largest absolute Gasteiger partial charge is 0.490 e. The molecule has 2 aromatic rings. The van der Waals surface area contributed by atoms with E-state index in [2.05, 4.69) is 25.9 Å². The molecule has 11 nitrogen and oxygen atoms in total. The van der Waals surface area contributed by atoms with Gasteiger partial charge in [-0.15, -0.1) is 6.42 Å². The van der Waals surface area contributed by atoms with Crippen LogP contribution in [0.15, 0.2) is 9.59 Å². The number of esters is 1. The number of nitrogens with zero attached hydrogens (tertiary/aromatic N) is 3. The van der Waals surface area contributed by atoms with E-state index < -0.39 is 59.8 Å². The normalized spacial score (nSPS) is 20.8. The van der Waals surface area contributed by atoms with Gasteiger partial charge in [-0.1, -0.05) is 5.92 Å². The summed E-state index contributed by atoms with van der Waals surface area (Å²) in [6.45, 7) is 2.83. The van der Waals surface area contributed by atoms with Crippen molar-refractivity contribution in [2.75, 3.05) is 5.32 Å². The zero-order valence-electron chi connectivity index (χ0n) is 18.0. The lowest BCUT2D eigenvalue weighted by molar-refractivity contribution is -0.223.